The summed E-state index contributed by atoms with van der Waals surface area (Å²) in [5.41, 5.74) is 4.13. The largest absolute Gasteiger partial charge is 0.487 e. The van der Waals surface area contributed by atoms with Crippen LogP contribution in [0.25, 0.3) is 11.5 Å². The van der Waals surface area contributed by atoms with Crippen LogP contribution < -0.4 is 4.74 Å². The number of hydrogen-bond acceptors (Lipinski definition) is 6. The van der Waals surface area contributed by atoms with Gasteiger partial charge in [-0.1, -0.05) is 53.2 Å². The van der Waals surface area contributed by atoms with Crippen molar-refractivity contribution in [2.24, 2.45) is 11.1 Å². The van der Waals surface area contributed by atoms with Crippen molar-refractivity contribution in [2.75, 3.05) is 0 Å². The predicted molar refractivity (Wildman–Crippen MR) is 128 cm³/mol. The number of carbonyl (C=O) groups is 1. The number of oxime groups is 1. The van der Waals surface area contributed by atoms with E-state index in [-0.39, 0.29) is 0 Å². The second kappa shape index (κ2) is 10.7. The van der Waals surface area contributed by atoms with E-state index in [1.807, 2.05) is 73.7 Å². The van der Waals surface area contributed by atoms with Gasteiger partial charge in [0.2, 0.25) is 5.89 Å². The molecule has 1 aliphatic carbocycles. The molecule has 7 heteroatoms. The molecule has 174 valence electrons. The van der Waals surface area contributed by atoms with E-state index >= 15 is 0 Å². The van der Waals surface area contributed by atoms with Gasteiger partial charge in [-0.2, -0.15) is 0 Å². The van der Waals surface area contributed by atoms with E-state index in [4.69, 9.17) is 14.0 Å². The van der Waals surface area contributed by atoms with Gasteiger partial charge in [0, 0.05) is 12.0 Å². The number of nitrogens with zero attached hydrogens (tertiary/aromatic N) is 2. The van der Waals surface area contributed by atoms with Gasteiger partial charge in [0.25, 0.3) is 0 Å². The zero-order valence-electron chi connectivity index (χ0n) is 19.1. The Morgan fingerprint density at radius 2 is 1.91 bits per heavy atom. The van der Waals surface area contributed by atoms with E-state index < -0.39 is 11.9 Å². The van der Waals surface area contributed by atoms with Crippen molar-refractivity contribution >= 4 is 11.7 Å². The maximum Gasteiger partial charge on any atom is 0.310 e. The van der Waals surface area contributed by atoms with Crippen LogP contribution in [0.1, 0.15) is 30.4 Å². The molecule has 1 heterocycles. The van der Waals surface area contributed by atoms with Crippen LogP contribution in [0.4, 0.5) is 0 Å². The molecule has 0 saturated carbocycles. The first-order valence-corrected chi connectivity index (χ1v) is 11.0. The number of carboxylic acids is 1. The van der Waals surface area contributed by atoms with Gasteiger partial charge in [-0.25, -0.2) is 4.98 Å². The Morgan fingerprint density at radius 1 is 1.15 bits per heavy atom. The number of ether oxygens (including phenoxy) is 1. The fraction of sp³-hybridized carbons (Fsp3) is 0.222. The van der Waals surface area contributed by atoms with Crippen LogP contribution in [0.3, 0.4) is 0 Å². The zero-order chi connectivity index (χ0) is 23.9. The Balaban J connectivity index is 1.28. The second-order valence-electron chi connectivity index (χ2n) is 8.01. The maximum atomic E-state index is 11.2. The summed E-state index contributed by atoms with van der Waals surface area (Å²) < 4.78 is 11.7. The molecule has 0 spiro atoms. The fourth-order valence-corrected chi connectivity index (χ4v) is 3.42. The van der Waals surface area contributed by atoms with Crippen molar-refractivity contribution in [1.82, 2.24) is 4.98 Å². The number of hydrogen-bond donors (Lipinski definition) is 1. The molecule has 1 aromatic heterocycles. The molecule has 1 unspecified atom stereocenters. The lowest BCUT2D eigenvalue weighted by Crippen LogP contribution is -2.16. The number of rotatable bonds is 9. The first-order chi connectivity index (χ1) is 16.5. The molecule has 3 aromatic rings. The molecule has 0 amide bonds. The molecule has 2 aromatic carbocycles. The second-order valence-corrected chi connectivity index (χ2v) is 8.01. The number of benzene rings is 2. The van der Waals surface area contributed by atoms with E-state index in [2.05, 4.69) is 10.1 Å². The molecule has 34 heavy (non-hydrogen) atoms. The van der Waals surface area contributed by atoms with Crippen molar-refractivity contribution in [3.05, 3.63) is 95.4 Å². The van der Waals surface area contributed by atoms with Gasteiger partial charge >= 0.3 is 5.97 Å². The lowest BCUT2D eigenvalue weighted by molar-refractivity contribution is -0.139. The summed E-state index contributed by atoms with van der Waals surface area (Å²) in [4.78, 5) is 21.2. The van der Waals surface area contributed by atoms with Crippen LogP contribution in [0.2, 0.25) is 0 Å². The monoisotopic (exact) mass is 458 g/mol. The van der Waals surface area contributed by atoms with Gasteiger partial charge in [0.1, 0.15) is 30.4 Å². The maximum absolute atomic E-state index is 11.2. The first kappa shape index (κ1) is 23.0. The highest BCUT2D eigenvalue weighted by molar-refractivity contribution is 5.98. The molecule has 7 nitrogen and oxygen atoms in total. The minimum atomic E-state index is -0.848. The Kier molecular flexibility index (Phi) is 7.22. The number of aliphatic carboxylic acids is 1. The summed E-state index contributed by atoms with van der Waals surface area (Å²) >= 11 is 0. The van der Waals surface area contributed by atoms with Gasteiger partial charge in [-0.15, -0.1) is 0 Å². The van der Waals surface area contributed by atoms with Crippen LogP contribution in [-0.4, -0.2) is 21.8 Å². The van der Waals surface area contributed by atoms with Gasteiger partial charge < -0.3 is 19.1 Å². The van der Waals surface area contributed by atoms with Gasteiger partial charge in [0.15, 0.2) is 0 Å². The third-order valence-electron chi connectivity index (χ3n) is 5.54. The van der Waals surface area contributed by atoms with Crippen molar-refractivity contribution in [1.29, 1.82) is 0 Å². The summed E-state index contributed by atoms with van der Waals surface area (Å²) in [6.45, 7) is 4.15. The van der Waals surface area contributed by atoms with Crippen LogP contribution in [-0.2, 0) is 22.8 Å². The summed E-state index contributed by atoms with van der Waals surface area (Å²) in [5, 5.41) is 13.3. The quantitative estimate of drug-likeness (QED) is 0.413. The topological polar surface area (TPSA) is 94.2 Å². The Hall–Kier alpha value is -4.13. The normalized spacial score (nSPS) is 15.1. The van der Waals surface area contributed by atoms with Crippen molar-refractivity contribution in [3.8, 4) is 17.2 Å². The highest BCUT2D eigenvalue weighted by Gasteiger charge is 2.19. The SMILES string of the molecule is Cc1oc(-c2ccccc2)nc1COc1ccc(CON=C2C=CC=C(C(C)C(=O)O)C2)cc1. The highest BCUT2D eigenvalue weighted by Crippen LogP contribution is 2.23. The smallest absolute Gasteiger partial charge is 0.310 e. The van der Waals surface area contributed by atoms with Gasteiger partial charge in [0.05, 0.1) is 11.6 Å². The minimum Gasteiger partial charge on any atom is -0.487 e. The number of aryl methyl sites for hydroxylation is 1. The van der Waals surface area contributed by atoms with Crippen molar-refractivity contribution in [3.63, 3.8) is 0 Å². The van der Waals surface area contributed by atoms with E-state index in [0.717, 1.165) is 28.2 Å². The Bertz CT molecular complexity index is 1220. The molecule has 0 aliphatic heterocycles. The summed E-state index contributed by atoms with van der Waals surface area (Å²) in [6.07, 6.45) is 5.90. The van der Waals surface area contributed by atoms with Crippen LogP contribution in [0.5, 0.6) is 5.75 Å². The van der Waals surface area contributed by atoms with E-state index in [1.165, 1.54) is 0 Å². The van der Waals surface area contributed by atoms with Crippen molar-refractivity contribution < 1.29 is 23.9 Å². The van der Waals surface area contributed by atoms with Crippen molar-refractivity contribution in [2.45, 2.75) is 33.5 Å². The van der Waals surface area contributed by atoms with E-state index in [0.29, 0.717) is 37.0 Å². The summed E-state index contributed by atoms with van der Waals surface area (Å²) in [6, 6.07) is 17.3. The summed E-state index contributed by atoms with van der Waals surface area (Å²) in [5.74, 6) is 0.633. The molecule has 0 fully saturated rings. The first-order valence-electron chi connectivity index (χ1n) is 11.0. The third kappa shape index (κ3) is 5.81. The summed E-state index contributed by atoms with van der Waals surface area (Å²) in [7, 11) is 0. The Labute approximate surface area is 198 Å². The predicted octanol–water partition coefficient (Wildman–Crippen LogP) is 5.71. The zero-order valence-corrected chi connectivity index (χ0v) is 19.1. The fourth-order valence-electron chi connectivity index (χ4n) is 3.42. The Morgan fingerprint density at radius 3 is 2.65 bits per heavy atom. The van der Waals surface area contributed by atoms with Gasteiger partial charge in [-0.3, -0.25) is 4.79 Å². The van der Waals surface area contributed by atoms with Crippen LogP contribution in [0.15, 0.2) is 88.0 Å². The molecule has 0 saturated heterocycles. The molecule has 1 atom stereocenters. The van der Waals surface area contributed by atoms with Crippen LogP contribution >= 0.6 is 0 Å². The molecule has 0 radical (unpaired) electrons. The lowest BCUT2D eigenvalue weighted by Gasteiger charge is -2.14. The minimum absolute atomic E-state index is 0.300. The average molecular weight is 459 g/mol. The highest BCUT2D eigenvalue weighted by atomic mass is 16.6. The standard InChI is InChI=1S/C27H26N2O5/c1-18(27(30)31)22-9-6-10-23(15-22)29-33-16-20-11-13-24(14-12-20)32-17-25-19(2)34-26(28-25)21-7-4-3-5-8-21/h3-14,18H,15-17H2,1-2H3,(H,30,31). The average Bonchev–Trinajstić information content (AvgIpc) is 3.24. The number of oxazole rings is 1. The third-order valence-corrected chi connectivity index (χ3v) is 5.54. The number of allylic oxidation sites excluding steroid dienone is 3. The molecule has 0 bridgehead atoms. The molecule has 1 N–H and O–H groups in total. The molecule has 4 rings (SSSR count). The van der Waals surface area contributed by atoms with Gasteiger partial charge in [-0.05, 0) is 49.8 Å². The lowest BCUT2D eigenvalue weighted by atomic mass is 9.92. The molecule has 1 aliphatic rings. The number of carboxylic acid groups (broad SMARTS) is 1. The molecular formula is C27H26N2O5. The molecular weight excluding hydrogens is 432 g/mol. The number of aromatic nitrogens is 1. The van der Waals surface area contributed by atoms with Crippen LogP contribution in [0, 0.1) is 12.8 Å². The van der Waals surface area contributed by atoms with E-state index in [9.17, 15) is 9.90 Å². The van der Waals surface area contributed by atoms with E-state index in [1.54, 1.807) is 13.0 Å².